The van der Waals surface area contributed by atoms with Crippen LogP contribution in [-0.4, -0.2) is 49.7 Å². The number of rotatable bonds is 11. The SMILES string of the molecule is NC(=O)c1ncn2c(C(=O)NCC34CCC(C(=O)O)(CC3)CC4)cc(C(=O)NCc3cccc(CNc4c(N)c(=O)c4=O)c3)nc12. The molecule has 7 rings (SSSR count). The fourth-order valence-corrected chi connectivity index (χ4v) is 6.54. The first-order valence-corrected chi connectivity index (χ1v) is 14.8. The predicted octanol–water partition coefficient (Wildman–Crippen LogP) is 0.704. The van der Waals surface area contributed by atoms with E-state index >= 15 is 0 Å². The van der Waals surface area contributed by atoms with Crippen molar-refractivity contribution in [2.45, 2.75) is 51.6 Å². The number of benzene rings is 1. The maximum absolute atomic E-state index is 13.5. The molecule has 3 saturated carbocycles. The lowest BCUT2D eigenvalue weighted by atomic mass is 9.53. The van der Waals surface area contributed by atoms with Gasteiger partial charge in [-0.3, -0.25) is 33.2 Å². The Morgan fingerprint density at radius 2 is 1.59 bits per heavy atom. The first-order valence-electron chi connectivity index (χ1n) is 14.8. The van der Waals surface area contributed by atoms with Gasteiger partial charge in [-0.1, -0.05) is 24.3 Å². The van der Waals surface area contributed by atoms with Crippen LogP contribution in [0.2, 0.25) is 0 Å². The number of nitrogens with two attached hydrogens (primary N) is 2. The molecule has 15 heteroatoms. The van der Waals surface area contributed by atoms with E-state index in [-0.39, 0.29) is 52.6 Å². The second kappa shape index (κ2) is 11.4. The van der Waals surface area contributed by atoms with Crippen LogP contribution < -0.4 is 38.3 Å². The Bertz CT molecular complexity index is 1970. The summed E-state index contributed by atoms with van der Waals surface area (Å²) in [6.45, 7) is 0.655. The van der Waals surface area contributed by atoms with E-state index in [9.17, 15) is 33.9 Å². The Morgan fingerprint density at radius 1 is 0.913 bits per heavy atom. The van der Waals surface area contributed by atoms with E-state index in [1.54, 1.807) is 24.3 Å². The number of nitrogens with one attached hydrogen (secondary N) is 3. The highest BCUT2D eigenvalue weighted by Crippen LogP contribution is 2.56. The lowest BCUT2D eigenvalue weighted by Gasteiger charge is -2.51. The number of anilines is 2. The van der Waals surface area contributed by atoms with Crippen LogP contribution in [-0.2, 0) is 17.9 Å². The monoisotopic (exact) mass is 628 g/mol. The van der Waals surface area contributed by atoms with Crippen LogP contribution in [0.15, 0.2) is 46.2 Å². The van der Waals surface area contributed by atoms with E-state index in [2.05, 4.69) is 25.9 Å². The number of carboxylic acid groups (broad SMARTS) is 1. The molecule has 2 aromatic heterocycles. The molecule has 3 fully saturated rings. The summed E-state index contributed by atoms with van der Waals surface area (Å²) in [5.41, 5.74) is 9.93. The normalized spacial score (nSPS) is 20.4. The smallest absolute Gasteiger partial charge is 0.309 e. The highest BCUT2D eigenvalue weighted by molar-refractivity contribution is 6.01. The highest BCUT2D eigenvalue weighted by atomic mass is 16.4. The molecular formula is C31H32N8O7. The minimum Gasteiger partial charge on any atom is -0.481 e. The van der Waals surface area contributed by atoms with Gasteiger partial charge in [0, 0.05) is 19.6 Å². The van der Waals surface area contributed by atoms with E-state index in [4.69, 9.17) is 11.5 Å². The molecule has 0 saturated heterocycles. The molecule has 0 radical (unpaired) electrons. The van der Waals surface area contributed by atoms with Gasteiger partial charge in [0.2, 0.25) is 0 Å². The molecule has 8 N–H and O–H groups in total. The zero-order valence-corrected chi connectivity index (χ0v) is 24.7. The van der Waals surface area contributed by atoms with Crippen molar-refractivity contribution >= 4 is 40.7 Å². The second-order valence-electron chi connectivity index (χ2n) is 12.2. The van der Waals surface area contributed by atoms with Gasteiger partial charge in [0.25, 0.3) is 28.6 Å². The summed E-state index contributed by atoms with van der Waals surface area (Å²) in [7, 11) is 0. The molecule has 4 aromatic rings. The van der Waals surface area contributed by atoms with E-state index in [1.165, 1.54) is 16.8 Å². The number of hydrogen-bond acceptors (Lipinski definition) is 10. The van der Waals surface area contributed by atoms with Crippen LogP contribution in [0.3, 0.4) is 0 Å². The van der Waals surface area contributed by atoms with Crippen molar-refractivity contribution in [1.29, 1.82) is 0 Å². The van der Waals surface area contributed by atoms with Crippen LogP contribution in [0.1, 0.15) is 81.1 Å². The summed E-state index contributed by atoms with van der Waals surface area (Å²) < 4.78 is 1.31. The molecule has 0 aliphatic heterocycles. The topological polar surface area (TPSA) is 241 Å². The number of fused-ring (bicyclic) bond motifs is 4. The highest BCUT2D eigenvalue weighted by Gasteiger charge is 2.52. The average Bonchev–Trinajstić information content (AvgIpc) is 3.51. The Morgan fingerprint density at radius 3 is 2.22 bits per heavy atom. The number of imidazole rings is 1. The minimum atomic E-state index is -0.875. The molecule has 3 amide bonds. The number of aromatic nitrogens is 3. The lowest BCUT2D eigenvalue weighted by Crippen LogP contribution is -2.50. The number of carbonyl (C=O) groups excluding carboxylic acids is 3. The average molecular weight is 629 g/mol. The largest absolute Gasteiger partial charge is 0.481 e. The molecule has 2 heterocycles. The third-order valence-corrected chi connectivity index (χ3v) is 9.54. The number of carboxylic acids is 1. The van der Waals surface area contributed by atoms with Crippen molar-refractivity contribution in [2.24, 2.45) is 16.6 Å². The van der Waals surface area contributed by atoms with Crippen LogP contribution in [0.25, 0.3) is 5.65 Å². The number of hydrogen-bond donors (Lipinski definition) is 6. The Kier molecular flexibility index (Phi) is 7.54. The molecule has 3 aliphatic carbocycles. The maximum Gasteiger partial charge on any atom is 0.309 e. The Hall–Kier alpha value is -5.60. The third kappa shape index (κ3) is 5.33. The summed E-state index contributed by atoms with van der Waals surface area (Å²) in [5.74, 6) is -2.75. The van der Waals surface area contributed by atoms with Crippen LogP contribution >= 0.6 is 0 Å². The van der Waals surface area contributed by atoms with Gasteiger partial charge in [0.05, 0.1) is 5.41 Å². The standard InChI is InChI=1S/C31H32N8O7/c32-20-21(24(41)23(20)40)34-12-16-2-1-3-17(10-16)13-35-27(43)18-11-19(39-15-37-22(25(33)42)26(39)38-18)28(44)36-14-30-4-7-31(8-5-30,9-6-30)29(45)46/h1-3,10-11,15,34H,4-9,12-14,32H2,(H2,33,42)(H,35,43)(H,36,44)(H,45,46). The van der Waals surface area contributed by atoms with Gasteiger partial charge in [-0.25, -0.2) is 9.97 Å². The van der Waals surface area contributed by atoms with Crippen LogP contribution in [0.4, 0.5) is 11.4 Å². The van der Waals surface area contributed by atoms with Crippen LogP contribution in [0.5, 0.6) is 0 Å². The maximum atomic E-state index is 13.5. The zero-order valence-electron chi connectivity index (χ0n) is 24.7. The molecule has 238 valence electrons. The molecule has 3 aliphatic rings. The fraction of sp³-hybridized carbons (Fsp3) is 0.355. The van der Waals surface area contributed by atoms with Gasteiger partial charge in [0.1, 0.15) is 29.1 Å². The molecule has 2 bridgehead atoms. The predicted molar refractivity (Wildman–Crippen MR) is 165 cm³/mol. The second-order valence-corrected chi connectivity index (χ2v) is 12.2. The van der Waals surface area contributed by atoms with E-state index in [0.29, 0.717) is 45.1 Å². The Labute approximate surface area is 261 Å². The first-order chi connectivity index (χ1) is 21.9. The Balaban J connectivity index is 1.16. The van der Waals surface area contributed by atoms with Gasteiger partial charge in [-0.15, -0.1) is 0 Å². The number of primary amides is 1. The molecule has 0 spiro atoms. The number of nitrogen functional groups attached to an aromatic ring is 1. The van der Waals surface area contributed by atoms with Gasteiger partial charge in [0.15, 0.2) is 11.3 Å². The number of amides is 3. The zero-order chi connectivity index (χ0) is 32.8. The van der Waals surface area contributed by atoms with Gasteiger partial charge < -0.3 is 32.5 Å². The van der Waals surface area contributed by atoms with Gasteiger partial charge in [-0.2, -0.15) is 0 Å². The molecule has 46 heavy (non-hydrogen) atoms. The molecule has 15 nitrogen and oxygen atoms in total. The first kappa shape index (κ1) is 30.4. The molecule has 0 unspecified atom stereocenters. The van der Waals surface area contributed by atoms with Crippen LogP contribution in [0, 0.1) is 10.8 Å². The summed E-state index contributed by atoms with van der Waals surface area (Å²) in [6, 6.07) is 8.46. The quantitative estimate of drug-likeness (QED) is 0.126. The summed E-state index contributed by atoms with van der Waals surface area (Å²) >= 11 is 0. The molecule has 2 aromatic carbocycles. The minimum absolute atomic E-state index is 0.0312. The molecular weight excluding hydrogens is 596 g/mol. The third-order valence-electron chi connectivity index (χ3n) is 9.54. The van der Waals surface area contributed by atoms with Crippen molar-refractivity contribution < 1.29 is 24.3 Å². The van der Waals surface area contributed by atoms with Gasteiger partial charge >= 0.3 is 5.97 Å². The number of aliphatic carboxylic acids is 1. The summed E-state index contributed by atoms with van der Waals surface area (Å²) in [6.07, 6.45) is 5.02. The lowest BCUT2D eigenvalue weighted by molar-refractivity contribution is -0.158. The van der Waals surface area contributed by atoms with E-state index in [1.807, 2.05) is 0 Å². The van der Waals surface area contributed by atoms with Crippen molar-refractivity contribution in [3.63, 3.8) is 0 Å². The van der Waals surface area contributed by atoms with Gasteiger partial charge in [-0.05, 0) is 61.1 Å². The number of nitrogens with zero attached hydrogens (tertiary/aromatic N) is 3. The number of carbonyl (C=O) groups is 4. The fourth-order valence-electron chi connectivity index (χ4n) is 6.54. The van der Waals surface area contributed by atoms with Crippen molar-refractivity contribution in [2.75, 3.05) is 17.6 Å². The van der Waals surface area contributed by atoms with Crippen molar-refractivity contribution in [3.8, 4) is 0 Å². The molecule has 0 atom stereocenters. The van der Waals surface area contributed by atoms with E-state index < -0.39 is 40.0 Å². The van der Waals surface area contributed by atoms with Crippen molar-refractivity contribution in [3.05, 3.63) is 85.3 Å². The summed E-state index contributed by atoms with van der Waals surface area (Å²) in [5, 5.41) is 18.3. The summed E-state index contributed by atoms with van der Waals surface area (Å²) in [4.78, 5) is 82.0. The van der Waals surface area contributed by atoms with E-state index in [0.717, 1.165) is 11.1 Å². The van der Waals surface area contributed by atoms with Crippen molar-refractivity contribution in [1.82, 2.24) is 25.0 Å².